The predicted octanol–water partition coefficient (Wildman–Crippen LogP) is 5.69. The molecule has 5 heteroatoms. The molecule has 154 valence electrons. The summed E-state index contributed by atoms with van der Waals surface area (Å²) >= 11 is 0. The van der Waals surface area contributed by atoms with Crippen molar-refractivity contribution in [3.63, 3.8) is 0 Å². The monoisotopic (exact) mass is 402 g/mol. The highest BCUT2D eigenvalue weighted by Gasteiger charge is 2.38. The van der Waals surface area contributed by atoms with Crippen LogP contribution in [0.15, 0.2) is 95.2 Å². The van der Waals surface area contributed by atoms with Gasteiger partial charge in [-0.05, 0) is 42.7 Å². The Morgan fingerprint density at radius 1 is 0.800 bits per heavy atom. The van der Waals surface area contributed by atoms with E-state index in [2.05, 4.69) is 5.11 Å². The third-order valence-electron chi connectivity index (χ3n) is 4.95. The summed E-state index contributed by atoms with van der Waals surface area (Å²) in [5.41, 5.74) is 1.01. The van der Waals surface area contributed by atoms with Crippen LogP contribution in [0.25, 0.3) is 0 Å². The molecule has 0 unspecified atom stereocenters. The van der Waals surface area contributed by atoms with Crippen molar-refractivity contribution in [2.24, 2.45) is 10.2 Å². The zero-order valence-electron chi connectivity index (χ0n) is 17.4. The molecule has 0 aliphatic rings. The Balaban J connectivity index is 2.28. The van der Waals surface area contributed by atoms with Crippen molar-refractivity contribution in [2.45, 2.75) is 31.3 Å². The van der Waals surface area contributed by atoms with Crippen LogP contribution in [0.3, 0.4) is 0 Å². The van der Waals surface area contributed by atoms with Gasteiger partial charge in [0.15, 0.2) is 5.54 Å². The lowest BCUT2D eigenvalue weighted by Crippen LogP contribution is -2.29. The van der Waals surface area contributed by atoms with Crippen molar-refractivity contribution in [1.82, 2.24) is 0 Å². The van der Waals surface area contributed by atoms with Crippen LogP contribution >= 0.6 is 0 Å². The van der Waals surface area contributed by atoms with Crippen LogP contribution < -0.4 is 4.74 Å². The number of aliphatic carboxylic acids is 1. The minimum Gasteiger partial charge on any atom is -0.497 e. The number of benzene rings is 3. The lowest BCUT2D eigenvalue weighted by atomic mass is 9.78. The zero-order chi connectivity index (χ0) is 21.6. The molecule has 0 aliphatic carbocycles. The van der Waals surface area contributed by atoms with Gasteiger partial charge in [0, 0.05) is 0 Å². The second kappa shape index (κ2) is 8.91. The number of hydrogen-bond acceptors (Lipinski definition) is 4. The topological polar surface area (TPSA) is 71.2 Å². The number of carbonyl (C=O) groups is 1. The van der Waals surface area contributed by atoms with E-state index in [4.69, 9.17) is 9.85 Å². The van der Waals surface area contributed by atoms with Crippen LogP contribution in [0.1, 0.15) is 37.0 Å². The quantitative estimate of drug-likeness (QED) is 0.388. The molecular weight excluding hydrogens is 376 g/mol. The Morgan fingerprint density at radius 3 is 1.70 bits per heavy atom. The molecule has 0 fully saturated rings. The molecular formula is C25H26N2O3. The molecule has 0 radical (unpaired) electrons. The molecule has 0 heterocycles. The van der Waals surface area contributed by atoms with Gasteiger partial charge >= 0.3 is 5.97 Å². The van der Waals surface area contributed by atoms with Gasteiger partial charge in [0.25, 0.3) is 0 Å². The maximum absolute atomic E-state index is 11.3. The minimum atomic E-state index is -0.926. The van der Waals surface area contributed by atoms with E-state index in [9.17, 15) is 9.90 Å². The molecule has 0 bridgehead atoms. The van der Waals surface area contributed by atoms with Gasteiger partial charge in [-0.3, -0.25) is 4.79 Å². The number of hydrogen-bond donors (Lipinski definition) is 1. The first-order chi connectivity index (χ1) is 14.4. The molecule has 3 aromatic rings. The molecule has 0 saturated heterocycles. The van der Waals surface area contributed by atoms with E-state index >= 15 is 0 Å². The molecule has 0 aliphatic heterocycles. The van der Waals surface area contributed by atoms with E-state index in [-0.39, 0.29) is 6.42 Å². The Morgan fingerprint density at radius 2 is 1.27 bits per heavy atom. The van der Waals surface area contributed by atoms with Crippen molar-refractivity contribution in [3.8, 4) is 5.75 Å². The van der Waals surface area contributed by atoms with Gasteiger partial charge in [-0.2, -0.15) is 10.2 Å². The lowest BCUT2D eigenvalue weighted by Gasteiger charge is -2.32. The molecule has 0 amide bonds. The van der Waals surface area contributed by atoms with E-state index in [0.29, 0.717) is 0 Å². The Labute approximate surface area is 177 Å². The van der Waals surface area contributed by atoms with Crippen molar-refractivity contribution >= 4 is 5.97 Å². The van der Waals surface area contributed by atoms with Crippen LogP contribution in [-0.2, 0) is 10.3 Å². The largest absolute Gasteiger partial charge is 0.497 e. The number of ether oxygens (including phenoxy) is 1. The van der Waals surface area contributed by atoms with Gasteiger partial charge in [-0.15, -0.1) is 0 Å². The van der Waals surface area contributed by atoms with Crippen molar-refractivity contribution < 1.29 is 14.6 Å². The molecule has 5 nitrogen and oxygen atoms in total. The van der Waals surface area contributed by atoms with E-state index < -0.39 is 17.0 Å². The molecule has 0 saturated carbocycles. The van der Waals surface area contributed by atoms with Crippen LogP contribution in [0.2, 0.25) is 0 Å². The highest BCUT2D eigenvalue weighted by atomic mass is 16.5. The van der Waals surface area contributed by atoms with Crippen molar-refractivity contribution in [3.05, 3.63) is 102 Å². The predicted molar refractivity (Wildman–Crippen MR) is 117 cm³/mol. The number of carboxylic acids is 1. The average molecular weight is 402 g/mol. The van der Waals surface area contributed by atoms with E-state index in [1.54, 1.807) is 21.0 Å². The summed E-state index contributed by atoms with van der Waals surface area (Å²) in [5.74, 6) is -0.162. The summed E-state index contributed by atoms with van der Waals surface area (Å²) in [6.45, 7) is 3.55. The summed E-state index contributed by atoms with van der Waals surface area (Å²) < 4.78 is 5.33. The fourth-order valence-corrected chi connectivity index (χ4v) is 3.48. The third-order valence-corrected chi connectivity index (χ3v) is 4.95. The summed E-state index contributed by atoms with van der Waals surface area (Å²) in [4.78, 5) is 11.3. The number of rotatable bonds is 8. The first kappa shape index (κ1) is 21.2. The zero-order valence-corrected chi connectivity index (χ0v) is 17.4. The first-order valence-corrected chi connectivity index (χ1v) is 9.79. The Bertz CT molecular complexity index is 958. The molecule has 0 atom stereocenters. The van der Waals surface area contributed by atoms with Crippen LogP contribution in [-0.4, -0.2) is 23.7 Å². The van der Waals surface area contributed by atoms with Gasteiger partial charge in [-0.25, -0.2) is 0 Å². The number of nitrogens with zero attached hydrogens (tertiary/aromatic N) is 2. The molecule has 30 heavy (non-hydrogen) atoms. The normalized spacial score (nSPS) is 12.1. The Hall–Kier alpha value is -3.47. The van der Waals surface area contributed by atoms with E-state index in [1.807, 2.05) is 84.9 Å². The average Bonchev–Trinajstić information content (AvgIpc) is 2.75. The van der Waals surface area contributed by atoms with Gasteiger partial charge in [-0.1, -0.05) is 72.8 Å². The summed E-state index contributed by atoms with van der Waals surface area (Å²) in [5, 5.41) is 18.7. The van der Waals surface area contributed by atoms with E-state index in [1.165, 1.54) is 0 Å². The van der Waals surface area contributed by atoms with Crippen molar-refractivity contribution in [2.75, 3.05) is 7.11 Å². The van der Waals surface area contributed by atoms with E-state index in [0.717, 1.165) is 22.4 Å². The molecule has 0 aromatic heterocycles. The second-order valence-electron chi connectivity index (χ2n) is 7.75. The summed E-state index contributed by atoms with van der Waals surface area (Å²) in [6.07, 6.45) is -0.112. The van der Waals surface area contributed by atoms with Crippen molar-refractivity contribution in [1.29, 1.82) is 0 Å². The standard InChI is InChI=1S/C25H26N2O3/c1-24(2,18-23(28)29)26-27-25(19-10-6-4-7-11-19,20-12-8-5-9-13-20)21-14-16-22(30-3)17-15-21/h4-17H,18H2,1-3H3,(H,28,29). The van der Waals surface area contributed by atoms with Gasteiger partial charge < -0.3 is 9.84 Å². The maximum Gasteiger partial charge on any atom is 0.305 e. The summed E-state index contributed by atoms with van der Waals surface area (Å²) in [6, 6.07) is 27.6. The van der Waals surface area contributed by atoms with Gasteiger partial charge in [0.1, 0.15) is 5.75 Å². The van der Waals surface area contributed by atoms with Crippen LogP contribution in [0.5, 0.6) is 5.75 Å². The van der Waals surface area contributed by atoms with Crippen LogP contribution in [0.4, 0.5) is 0 Å². The van der Waals surface area contributed by atoms with Crippen LogP contribution in [0, 0.1) is 0 Å². The van der Waals surface area contributed by atoms with Gasteiger partial charge in [0.2, 0.25) is 0 Å². The number of methoxy groups -OCH3 is 1. The molecule has 1 N–H and O–H groups in total. The molecule has 3 aromatic carbocycles. The third kappa shape index (κ3) is 4.57. The second-order valence-corrected chi connectivity index (χ2v) is 7.75. The van der Waals surface area contributed by atoms with Gasteiger partial charge in [0.05, 0.1) is 19.1 Å². The maximum atomic E-state index is 11.3. The fourth-order valence-electron chi connectivity index (χ4n) is 3.48. The summed E-state index contributed by atoms with van der Waals surface area (Å²) in [7, 11) is 1.63. The highest BCUT2D eigenvalue weighted by molar-refractivity contribution is 5.68. The SMILES string of the molecule is COc1ccc(C(N=NC(C)(C)CC(=O)O)(c2ccccc2)c2ccccc2)cc1. The Kier molecular flexibility index (Phi) is 6.31. The number of azo groups is 1. The lowest BCUT2D eigenvalue weighted by molar-refractivity contribution is -0.138. The number of carboxylic acid groups (broad SMARTS) is 1. The minimum absolute atomic E-state index is 0.112. The smallest absolute Gasteiger partial charge is 0.305 e. The highest BCUT2D eigenvalue weighted by Crippen LogP contribution is 2.42. The first-order valence-electron chi connectivity index (χ1n) is 9.79. The fraction of sp³-hybridized carbons (Fsp3) is 0.240. The molecule has 0 spiro atoms. The molecule has 3 rings (SSSR count).